The van der Waals surface area contributed by atoms with Crippen LogP contribution in [0.25, 0.3) is 11.2 Å². The predicted octanol–water partition coefficient (Wildman–Crippen LogP) is 1.38. The first-order valence-corrected chi connectivity index (χ1v) is 7.84. The van der Waals surface area contributed by atoms with Crippen LogP contribution in [0.5, 0.6) is 0 Å². The van der Waals surface area contributed by atoms with Gasteiger partial charge in [0.2, 0.25) is 0 Å². The average molecular weight is 365 g/mol. The van der Waals surface area contributed by atoms with Crippen LogP contribution in [-0.2, 0) is 19.8 Å². The zero-order valence-corrected chi connectivity index (χ0v) is 14.8. The molecule has 1 aliphatic rings. The molecular formula is C10H15FN5O3P3. The molecule has 2 aromatic rings. The minimum absolute atomic E-state index is 0.00566. The van der Waals surface area contributed by atoms with Crippen molar-refractivity contribution in [3.8, 4) is 0 Å². The molecule has 0 bridgehead atoms. The number of imidazole rings is 1. The van der Waals surface area contributed by atoms with Gasteiger partial charge in [0, 0.05) is 18.9 Å². The maximum absolute atomic E-state index is 15.3. The molecule has 8 nitrogen and oxygen atoms in total. The summed E-state index contributed by atoms with van der Waals surface area (Å²) in [5.41, 5.74) is 0.782. The minimum atomic E-state index is -2.11. The zero-order valence-electron chi connectivity index (χ0n) is 11.3. The number of fused-ring (bicyclic) bond motifs is 1. The largest absolute Gasteiger partial charge is 0.363 e. The van der Waals surface area contributed by atoms with Crippen LogP contribution in [0.2, 0.25) is 0 Å². The van der Waals surface area contributed by atoms with Gasteiger partial charge in [-0.25, -0.2) is 15.0 Å². The average Bonchev–Trinajstić information content (AvgIpc) is 3.09. The smallest absolute Gasteiger partial charge is 0.298 e. The summed E-state index contributed by atoms with van der Waals surface area (Å²) in [6.45, 7) is 0.190. The highest BCUT2D eigenvalue weighted by Gasteiger charge is 2.50. The van der Waals surface area contributed by atoms with Gasteiger partial charge < -0.3 is 18.9 Å². The molecule has 0 aromatic carbocycles. The summed E-state index contributed by atoms with van der Waals surface area (Å²) in [7, 11) is 6.56. The summed E-state index contributed by atoms with van der Waals surface area (Å²) in [6.07, 6.45) is 1.66. The van der Waals surface area contributed by atoms with Crippen LogP contribution in [0.1, 0.15) is 6.42 Å². The lowest BCUT2D eigenvalue weighted by Crippen LogP contribution is -2.29. The summed E-state index contributed by atoms with van der Waals surface area (Å²) in [5, 5.41) is 2.81. The number of hydrogen-bond acceptors (Lipinski definition) is 7. The second-order valence-corrected chi connectivity index (χ2v) is 5.60. The Balaban J connectivity index is 2.00. The van der Waals surface area contributed by atoms with Gasteiger partial charge in [0.1, 0.15) is 18.8 Å². The Morgan fingerprint density at radius 1 is 1.45 bits per heavy atom. The molecule has 0 amide bonds. The number of aromatic nitrogens is 4. The van der Waals surface area contributed by atoms with E-state index >= 15 is 4.39 Å². The Morgan fingerprint density at radius 3 is 2.95 bits per heavy atom. The molecule has 3 rings (SSSR count). The number of rotatable bonds is 5. The lowest BCUT2D eigenvalue weighted by molar-refractivity contribution is -0.198. The molecule has 120 valence electrons. The van der Waals surface area contributed by atoms with Gasteiger partial charge in [-0.2, -0.15) is 4.39 Å². The van der Waals surface area contributed by atoms with E-state index in [0.29, 0.717) is 17.0 Å². The van der Waals surface area contributed by atoms with E-state index in [9.17, 15) is 0 Å². The van der Waals surface area contributed by atoms with Gasteiger partial charge in [0.25, 0.3) is 5.98 Å². The van der Waals surface area contributed by atoms with E-state index in [0.717, 1.165) is 0 Å². The van der Waals surface area contributed by atoms with Crippen LogP contribution in [0, 0.1) is 0 Å². The molecule has 6 atom stereocenters. The normalized spacial score (nSPS) is 28.4. The van der Waals surface area contributed by atoms with Crippen LogP contribution < -0.4 is 5.09 Å². The van der Waals surface area contributed by atoms with Crippen molar-refractivity contribution in [2.75, 3.05) is 11.7 Å². The molecule has 2 aromatic heterocycles. The van der Waals surface area contributed by atoms with E-state index in [4.69, 9.17) is 13.8 Å². The van der Waals surface area contributed by atoms with Crippen LogP contribution in [0.15, 0.2) is 12.7 Å². The Kier molecular flexibility index (Phi) is 4.83. The van der Waals surface area contributed by atoms with Crippen molar-refractivity contribution in [3.63, 3.8) is 0 Å². The molecule has 4 unspecified atom stereocenters. The Morgan fingerprint density at radius 2 is 2.27 bits per heavy atom. The van der Waals surface area contributed by atoms with Crippen molar-refractivity contribution in [2.45, 2.75) is 24.6 Å². The Labute approximate surface area is 132 Å². The SMILES string of the molecule is F[C@]1(n2cnc3c(NP)ncnc32)C[C@@H](OP)C(COP)O1. The number of halogens is 1. The molecule has 12 heteroatoms. The molecule has 1 aliphatic heterocycles. The van der Waals surface area contributed by atoms with Crippen molar-refractivity contribution < 1.29 is 18.2 Å². The lowest BCUT2D eigenvalue weighted by atomic mass is 10.2. The lowest BCUT2D eigenvalue weighted by Gasteiger charge is -2.21. The highest BCUT2D eigenvalue weighted by Crippen LogP contribution is 2.40. The fourth-order valence-corrected chi connectivity index (χ4v) is 3.12. The molecule has 0 spiro atoms. The van der Waals surface area contributed by atoms with Crippen LogP contribution >= 0.6 is 28.3 Å². The third-order valence-electron chi connectivity index (χ3n) is 3.46. The number of nitrogens with one attached hydrogen (secondary N) is 1. The first kappa shape index (κ1) is 16.3. The molecule has 0 saturated carbocycles. The highest BCUT2D eigenvalue weighted by atomic mass is 31.0. The van der Waals surface area contributed by atoms with Crippen LogP contribution in [0.3, 0.4) is 0 Å². The fraction of sp³-hybridized carbons (Fsp3) is 0.500. The van der Waals surface area contributed by atoms with E-state index in [2.05, 4.69) is 48.4 Å². The maximum Gasteiger partial charge on any atom is 0.298 e. The van der Waals surface area contributed by atoms with Gasteiger partial charge in [-0.1, -0.05) is 0 Å². The zero-order chi connectivity index (χ0) is 15.7. The maximum atomic E-state index is 15.3. The first-order chi connectivity index (χ1) is 10.6. The molecule has 1 fully saturated rings. The summed E-state index contributed by atoms with van der Waals surface area (Å²) in [4.78, 5) is 12.3. The van der Waals surface area contributed by atoms with Crippen molar-refractivity contribution in [1.82, 2.24) is 19.5 Å². The molecular weight excluding hydrogens is 350 g/mol. The van der Waals surface area contributed by atoms with E-state index in [-0.39, 0.29) is 13.0 Å². The van der Waals surface area contributed by atoms with Crippen LogP contribution in [-0.4, -0.2) is 38.3 Å². The van der Waals surface area contributed by atoms with Crippen molar-refractivity contribution in [2.24, 2.45) is 0 Å². The summed E-state index contributed by atoms with van der Waals surface area (Å²) in [6, 6.07) is 0. The molecule has 3 heterocycles. The standard InChI is InChI=1S/C10H15FN5O3P3/c11-10(1-5(19-22)6(18-10)2-17-21)16-4-14-7-8(15-20)12-3-13-9(7)16/h3-6H,1-2,20-22H2,(H,12,13,15)/t5-,6?,10+/m1/s1. The topological polar surface area (TPSA) is 83.3 Å². The summed E-state index contributed by atoms with van der Waals surface area (Å²) in [5.74, 6) is -1.63. The van der Waals surface area contributed by atoms with Gasteiger partial charge >= 0.3 is 0 Å². The van der Waals surface area contributed by atoms with Crippen LogP contribution in [0.4, 0.5) is 10.2 Å². The predicted molar refractivity (Wildman–Crippen MR) is 87.5 cm³/mol. The fourth-order valence-electron chi connectivity index (χ4n) is 2.45. The van der Waals surface area contributed by atoms with E-state index in [1.165, 1.54) is 17.2 Å². The van der Waals surface area contributed by atoms with Crippen molar-refractivity contribution in [3.05, 3.63) is 12.7 Å². The Bertz CT molecular complexity index is 676. The number of ether oxygens (including phenoxy) is 1. The van der Waals surface area contributed by atoms with Gasteiger partial charge in [-0.15, -0.1) is 0 Å². The minimum Gasteiger partial charge on any atom is -0.363 e. The summed E-state index contributed by atoms with van der Waals surface area (Å²) < 4.78 is 32.2. The number of nitrogens with zero attached hydrogens (tertiary/aromatic N) is 4. The number of alkyl halides is 1. The van der Waals surface area contributed by atoms with Gasteiger partial charge in [-0.05, 0) is 9.39 Å². The van der Waals surface area contributed by atoms with E-state index in [1.807, 2.05) is 0 Å². The van der Waals surface area contributed by atoms with E-state index < -0.39 is 18.2 Å². The van der Waals surface area contributed by atoms with E-state index in [1.54, 1.807) is 0 Å². The quantitative estimate of drug-likeness (QED) is 0.802. The van der Waals surface area contributed by atoms with Crippen molar-refractivity contribution in [1.29, 1.82) is 0 Å². The molecule has 1 N–H and O–H groups in total. The molecule has 0 aliphatic carbocycles. The molecule has 22 heavy (non-hydrogen) atoms. The third kappa shape index (κ3) is 2.71. The van der Waals surface area contributed by atoms with Gasteiger partial charge in [-0.3, -0.25) is 4.57 Å². The Hall–Kier alpha value is -0.550. The van der Waals surface area contributed by atoms with Gasteiger partial charge in [0.15, 0.2) is 17.0 Å². The molecule has 0 radical (unpaired) electrons. The first-order valence-electron chi connectivity index (χ1n) is 6.32. The van der Waals surface area contributed by atoms with Gasteiger partial charge in [0.05, 0.1) is 19.1 Å². The van der Waals surface area contributed by atoms with Crippen molar-refractivity contribution >= 4 is 45.3 Å². The second-order valence-electron chi connectivity index (χ2n) is 4.71. The second kappa shape index (κ2) is 6.52. The number of anilines is 1. The summed E-state index contributed by atoms with van der Waals surface area (Å²) >= 11 is 0. The third-order valence-corrected chi connectivity index (χ3v) is 4.28. The monoisotopic (exact) mass is 365 g/mol. The molecule has 1 saturated heterocycles. The highest BCUT2D eigenvalue weighted by molar-refractivity contribution is 7.18. The number of hydrogen-bond donors (Lipinski definition) is 1.